The molecule has 6 rings (SSSR count). The van der Waals surface area contributed by atoms with Crippen molar-refractivity contribution in [1.82, 2.24) is 10.3 Å². The van der Waals surface area contributed by atoms with Gasteiger partial charge in [0.05, 0.1) is 19.9 Å². The predicted molar refractivity (Wildman–Crippen MR) is 215 cm³/mol. The highest BCUT2D eigenvalue weighted by Gasteiger charge is 2.24. The number of aromatic nitrogens is 1. The Morgan fingerprint density at radius 3 is 2.15 bits per heavy atom. The van der Waals surface area contributed by atoms with E-state index < -0.39 is 17.1 Å². The largest absolute Gasteiger partial charge is 0.493 e. The van der Waals surface area contributed by atoms with Crippen LogP contribution in [0.1, 0.15) is 26.7 Å². The summed E-state index contributed by atoms with van der Waals surface area (Å²) in [5.41, 5.74) is 4.10. The highest BCUT2D eigenvalue weighted by molar-refractivity contribution is 9.10. The molecular weight excluding hydrogens is 773 g/mol. The third-order valence-electron chi connectivity index (χ3n) is 7.83. The van der Waals surface area contributed by atoms with Crippen molar-refractivity contribution >= 4 is 73.6 Å². The highest BCUT2D eigenvalue weighted by atomic mass is 79.9. The molecule has 0 aliphatic rings. The zero-order chi connectivity index (χ0) is 37.2. The predicted octanol–water partition coefficient (Wildman–Crippen LogP) is 9.47. The van der Waals surface area contributed by atoms with E-state index in [0.717, 1.165) is 26.1 Å². The molecule has 0 saturated carbocycles. The molecule has 0 fully saturated rings. The maximum Gasteiger partial charge on any atom is 0.272 e. The summed E-state index contributed by atoms with van der Waals surface area (Å²) in [6, 6.07) is 38.3. The van der Waals surface area contributed by atoms with E-state index in [-0.39, 0.29) is 11.6 Å². The SMILES string of the molecule is COc1ccc(-c2csc(NC(=O)C(Sc3ccc(NC(=O)/C(=C/c4ccc(Br)cc4)NC(=O)c4ccccc4)cc3)c3ccccc3)n2)cc1OC. The van der Waals surface area contributed by atoms with Crippen LogP contribution in [-0.2, 0) is 9.59 Å². The van der Waals surface area contributed by atoms with Gasteiger partial charge in [0.1, 0.15) is 10.9 Å². The van der Waals surface area contributed by atoms with Gasteiger partial charge in [-0.3, -0.25) is 14.4 Å². The molecule has 12 heteroatoms. The Morgan fingerprint density at radius 1 is 0.792 bits per heavy atom. The Kier molecular flexibility index (Phi) is 12.4. The first kappa shape index (κ1) is 37.1. The molecule has 9 nitrogen and oxygen atoms in total. The number of rotatable bonds is 13. The molecule has 5 aromatic carbocycles. The average molecular weight is 806 g/mol. The molecule has 0 spiro atoms. The van der Waals surface area contributed by atoms with Gasteiger partial charge in [0.15, 0.2) is 16.6 Å². The average Bonchev–Trinajstić information content (AvgIpc) is 3.66. The third kappa shape index (κ3) is 9.80. The van der Waals surface area contributed by atoms with Crippen molar-refractivity contribution in [1.29, 1.82) is 0 Å². The van der Waals surface area contributed by atoms with Gasteiger partial charge in [0, 0.05) is 31.6 Å². The summed E-state index contributed by atoms with van der Waals surface area (Å²) in [5, 5.41) is 10.4. The van der Waals surface area contributed by atoms with Gasteiger partial charge in [-0.05, 0) is 83.9 Å². The van der Waals surface area contributed by atoms with Gasteiger partial charge in [-0.1, -0.05) is 76.6 Å². The van der Waals surface area contributed by atoms with Crippen molar-refractivity contribution in [3.8, 4) is 22.8 Å². The van der Waals surface area contributed by atoms with Crippen LogP contribution in [0, 0.1) is 0 Å². The summed E-state index contributed by atoms with van der Waals surface area (Å²) < 4.78 is 11.7. The van der Waals surface area contributed by atoms with E-state index in [4.69, 9.17) is 9.47 Å². The first-order chi connectivity index (χ1) is 25.8. The number of hydrogen-bond acceptors (Lipinski definition) is 8. The summed E-state index contributed by atoms with van der Waals surface area (Å²) in [5.74, 6) is 0.0701. The summed E-state index contributed by atoms with van der Waals surface area (Å²) in [6.07, 6.45) is 1.62. The number of halogens is 1. The van der Waals surface area contributed by atoms with Crippen LogP contribution in [0.25, 0.3) is 17.3 Å². The van der Waals surface area contributed by atoms with E-state index in [9.17, 15) is 14.4 Å². The number of nitrogens with zero attached hydrogens (tertiary/aromatic N) is 1. The van der Waals surface area contributed by atoms with Crippen LogP contribution in [0.5, 0.6) is 11.5 Å². The minimum absolute atomic E-state index is 0.0805. The van der Waals surface area contributed by atoms with Crippen molar-refractivity contribution in [3.63, 3.8) is 0 Å². The fourth-order valence-corrected chi connectivity index (χ4v) is 7.16. The van der Waals surface area contributed by atoms with E-state index in [1.807, 2.05) is 96.4 Å². The van der Waals surface area contributed by atoms with Gasteiger partial charge in [-0.15, -0.1) is 23.1 Å². The molecule has 1 aromatic heterocycles. The Labute approximate surface area is 323 Å². The standard InChI is InChI=1S/C41H33BrN4O5S2/c1-50-35-22-15-29(24-36(35)51-2)34-25-52-41(45-34)46-40(49)37(27-9-5-3-6-10-27)53-32-20-18-31(19-21-32)43-39(48)33(23-26-13-16-30(42)17-14-26)44-38(47)28-11-7-4-8-12-28/h3-25,37H,1-2H3,(H,43,48)(H,44,47)(H,45,46,49)/b33-23-. The molecular formula is C41H33BrN4O5S2. The molecule has 0 bridgehead atoms. The van der Waals surface area contributed by atoms with E-state index in [0.29, 0.717) is 33.6 Å². The van der Waals surface area contributed by atoms with E-state index in [1.54, 1.807) is 56.7 Å². The van der Waals surface area contributed by atoms with Crippen LogP contribution in [0.15, 0.2) is 148 Å². The number of methoxy groups -OCH3 is 2. The second kappa shape index (κ2) is 17.7. The van der Waals surface area contributed by atoms with Crippen LogP contribution in [0.4, 0.5) is 10.8 Å². The van der Waals surface area contributed by atoms with Crippen LogP contribution < -0.4 is 25.4 Å². The Morgan fingerprint density at radius 2 is 1.47 bits per heavy atom. The molecule has 1 atom stereocenters. The second-order valence-electron chi connectivity index (χ2n) is 11.4. The van der Waals surface area contributed by atoms with Gasteiger partial charge in [-0.25, -0.2) is 4.98 Å². The molecule has 0 radical (unpaired) electrons. The number of carbonyl (C=O) groups excluding carboxylic acids is 3. The first-order valence-electron chi connectivity index (χ1n) is 16.2. The number of amides is 3. The number of thiazole rings is 1. The van der Waals surface area contributed by atoms with Crippen molar-refractivity contribution in [2.75, 3.05) is 24.9 Å². The lowest BCUT2D eigenvalue weighted by atomic mass is 10.1. The Bertz CT molecular complexity index is 2230. The van der Waals surface area contributed by atoms with E-state index in [1.165, 1.54) is 23.1 Å². The number of ether oxygens (including phenoxy) is 2. The number of hydrogen-bond donors (Lipinski definition) is 3. The number of nitrogens with one attached hydrogen (secondary N) is 3. The van der Waals surface area contributed by atoms with Gasteiger partial charge >= 0.3 is 0 Å². The van der Waals surface area contributed by atoms with Gasteiger partial charge in [0.25, 0.3) is 11.8 Å². The van der Waals surface area contributed by atoms with Crippen LogP contribution in [0.3, 0.4) is 0 Å². The topological polar surface area (TPSA) is 119 Å². The molecule has 266 valence electrons. The number of benzene rings is 5. The molecule has 0 saturated heterocycles. The minimum atomic E-state index is -0.598. The van der Waals surface area contributed by atoms with Crippen molar-refractivity contribution in [2.24, 2.45) is 0 Å². The normalized spacial score (nSPS) is 11.6. The second-order valence-corrected chi connectivity index (χ2v) is 14.4. The smallest absolute Gasteiger partial charge is 0.272 e. The monoisotopic (exact) mass is 804 g/mol. The zero-order valence-corrected chi connectivity index (χ0v) is 31.8. The maximum absolute atomic E-state index is 13.8. The maximum atomic E-state index is 13.8. The first-order valence-corrected chi connectivity index (χ1v) is 18.8. The van der Waals surface area contributed by atoms with Crippen LogP contribution >= 0.6 is 39.0 Å². The molecule has 3 N–H and O–H groups in total. The molecule has 3 amide bonds. The zero-order valence-electron chi connectivity index (χ0n) is 28.5. The lowest BCUT2D eigenvalue weighted by molar-refractivity contribution is -0.116. The van der Waals surface area contributed by atoms with Gasteiger partial charge < -0.3 is 25.4 Å². The molecule has 6 aromatic rings. The van der Waals surface area contributed by atoms with Crippen LogP contribution in [-0.4, -0.2) is 36.9 Å². The summed E-state index contributed by atoms with van der Waals surface area (Å²) in [7, 11) is 3.16. The lowest BCUT2D eigenvalue weighted by Crippen LogP contribution is -2.30. The van der Waals surface area contributed by atoms with Crippen LogP contribution in [0.2, 0.25) is 0 Å². The number of carbonyl (C=O) groups is 3. The molecule has 1 heterocycles. The highest BCUT2D eigenvalue weighted by Crippen LogP contribution is 2.38. The summed E-state index contributed by atoms with van der Waals surface area (Å²) in [4.78, 5) is 45.8. The fraction of sp³-hybridized carbons (Fsp3) is 0.0732. The quantitative estimate of drug-likeness (QED) is 0.0787. The third-order valence-corrected chi connectivity index (χ3v) is 10.4. The summed E-state index contributed by atoms with van der Waals surface area (Å²) >= 11 is 6.13. The van der Waals surface area contributed by atoms with Gasteiger partial charge in [-0.2, -0.15) is 0 Å². The van der Waals surface area contributed by atoms with Crippen molar-refractivity contribution in [3.05, 3.63) is 160 Å². The molecule has 0 aliphatic heterocycles. The van der Waals surface area contributed by atoms with Crippen molar-refractivity contribution < 1.29 is 23.9 Å². The van der Waals surface area contributed by atoms with E-state index >= 15 is 0 Å². The lowest BCUT2D eigenvalue weighted by Gasteiger charge is -2.17. The number of thioether (sulfide) groups is 1. The Hall–Kier alpha value is -5.69. The minimum Gasteiger partial charge on any atom is -0.493 e. The van der Waals surface area contributed by atoms with E-state index in [2.05, 4.69) is 36.9 Å². The molecule has 53 heavy (non-hydrogen) atoms. The number of anilines is 2. The molecule has 0 aliphatic carbocycles. The fourth-order valence-electron chi connectivity index (χ4n) is 5.15. The van der Waals surface area contributed by atoms with Gasteiger partial charge in [0.2, 0.25) is 5.91 Å². The summed E-state index contributed by atoms with van der Waals surface area (Å²) in [6.45, 7) is 0. The molecule has 1 unspecified atom stereocenters. The van der Waals surface area contributed by atoms with Crippen molar-refractivity contribution in [2.45, 2.75) is 10.1 Å². The Balaban J connectivity index is 1.16.